The summed E-state index contributed by atoms with van der Waals surface area (Å²) >= 11 is 0. The molecule has 126 valence electrons. The van der Waals surface area contributed by atoms with Crippen LogP contribution in [0.3, 0.4) is 0 Å². The number of carboxylic acids is 1. The van der Waals surface area contributed by atoms with Crippen LogP contribution in [0.4, 0.5) is 0 Å². The zero-order chi connectivity index (χ0) is 16.1. The van der Waals surface area contributed by atoms with Gasteiger partial charge in [0.25, 0.3) is 0 Å². The van der Waals surface area contributed by atoms with Crippen LogP contribution in [-0.4, -0.2) is 35.2 Å². The van der Waals surface area contributed by atoms with Gasteiger partial charge in [0.05, 0.1) is 6.61 Å². The van der Waals surface area contributed by atoms with Crippen LogP contribution in [0.15, 0.2) is 24.3 Å². The predicted octanol–water partition coefficient (Wildman–Crippen LogP) is 3.69. The summed E-state index contributed by atoms with van der Waals surface area (Å²) in [5, 5.41) is 9.28. The van der Waals surface area contributed by atoms with Crippen LogP contribution in [0.2, 0.25) is 0 Å². The average molecular weight is 317 g/mol. The van der Waals surface area contributed by atoms with Crippen molar-refractivity contribution >= 4 is 5.97 Å². The quantitative estimate of drug-likeness (QED) is 0.869. The van der Waals surface area contributed by atoms with E-state index in [4.69, 9.17) is 4.74 Å². The number of carbonyl (C=O) groups is 1. The fourth-order valence-corrected chi connectivity index (χ4v) is 3.83. The molecule has 1 unspecified atom stereocenters. The van der Waals surface area contributed by atoms with E-state index in [2.05, 4.69) is 17.0 Å². The van der Waals surface area contributed by atoms with Crippen molar-refractivity contribution in [3.63, 3.8) is 0 Å². The number of carboxylic acid groups (broad SMARTS) is 1. The van der Waals surface area contributed by atoms with Crippen LogP contribution in [0.25, 0.3) is 0 Å². The summed E-state index contributed by atoms with van der Waals surface area (Å²) in [5.41, 5.74) is 1.14. The zero-order valence-electron chi connectivity index (χ0n) is 13.7. The highest BCUT2D eigenvalue weighted by Gasteiger charge is 2.30. The van der Waals surface area contributed by atoms with Crippen molar-refractivity contribution in [2.24, 2.45) is 5.92 Å². The maximum Gasteiger partial charge on any atom is 0.320 e. The van der Waals surface area contributed by atoms with Crippen molar-refractivity contribution in [3.8, 4) is 5.75 Å². The first-order valence-corrected chi connectivity index (χ1v) is 8.91. The molecule has 1 saturated heterocycles. The maximum absolute atomic E-state index is 11.3. The molecular formula is C19H27NO3. The number of aliphatic carboxylic acids is 1. The van der Waals surface area contributed by atoms with E-state index < -0.39 is 5.97 Å². The smallest absolute Gasteiger partial charge is 0.320 e. The van der Waals surface area contributed by atoms with Gasteiger partial charge in [0.15, 0.2) is 0 Å². The first-order valence-electron chi connectivity index (χ1n) is 8.91. The van der Waals surface area contributed by atoms with Crippen LogP contribution < -0.4 is 4.74 Å². The van der Waals surface area contributed by atoms with Crippen molar-refractivity contribution in [3.05, 3.63) is 29.8 Å². The molecular weight excluding hydrogens is 290 g/mol. The number of benzene rings is 1. The highest BCUT2D eigenvalue weighted by atomic mass is 16.5. The lowest BCUT2D eigenvalue weighted by atomic mass is 9.90. The van der Waals surface area contributed by atoms with E-state index in [1.807, 2.05) is 12.1 Å². The molecule has 4 heteroatoms. The first-order chi connectivity index (χ1) is 11.2. The van der Waals surface area contributed by atoms with Gasteiger partial charge in [-0.1, -0.05) is 31.4 Å². The number of hydrogen-bond acceptors (Lipinski definition) is 3. The van der Waals surface area contributed by atoms with Crippen LogP contribution in [0.5, 0.6) is 5.75 Å². The molecule has 0 aromatic heterocycles. The van der Waals surface area contributed by atoms with E-state index in [1.54, 1.807) is 0 Å². The number of likely N-dealkylation sites (tertiary alicyclic amines) is 1. The Morgan fingerprint density at radius 3 is 2.78 bits per heavy atom. The van der Waals surface area contributed by atoms with Gasteiger partial charge in [0, 0.05) is 6.54 Å². The van der Waals surface area contributed by atoms with E-state index in [-0.39, 0.29) is 6.04 Å². The molecule has 3 rings (SSSR count). The molecule has 2 fully saturated rings. The fourth-order valence-electron chi connectivity index (χ4n) is 3.83. The lowest BCUT2D eigenvalue weighted by Crippen LogP contribution is -2.35. The van der Waals surface area contributed by atoms with Crippen molar-refractivity contribution in [2.75, 3.05) is 13.2 Å². The minimum absolute atomic E-state index is 0.332. The van der Waals surface area contributed by atoms with Crippen molar-refractivity contribution in [2.45, 2.75) is 57.5 Å². The average Bonchev–Trinajstić information content (AvgIpc) is 3.03. The molecule has 0 spiro atoms. The molecule has 0 amide bonds. The van der Waals surface area contributed by atoms with Gasteiger partial charge in [0.2, 0.25) is 0 Å². The molecule has 1 aliphatic heterocycles. The molecule has 1 aromatic carbocycles. The van der Waals surface area contributed by atoms with Crippen LogP contribution in [-0.2, 0) is 11.3 Å². The van der Waals surface area contributed by atoms with Crippen LogP contribution in [0, 0.1) is 5.92 Å². The highest BCUT2D eigenvalue weighted by molar-refractivity contribution is 5.73. The Balaban J connectivity index is 1.55. The molecule has 1 aromatic rings. The molecule has 1 heterocycles. The topological polar surface area (TPSA) is 49.8 Å². The molecule has 1 saturated carbocycles. The normalized spacial score (nSPS) is 23.0. The van der Waals surface area contributed by atoms with E-state index in [9.17, 15) is 9.90 Å². The van der Waals surface area contributed by atoms with Crippen LogP contribution >= 0.6 is 0 Å². The minimum atomic E-state index is -0.702. The van der Waals surface area contributed by atoms with E-state index in [0.717, 1.165) is 37.3 Å². The second-order valence-corrected chi connectivity index (χ2v) is 6.93. The molecule has 23 heavy (non-hydrogen) atoms. The van der Waals surface area contributed by atoms with Gasteiger partial charge >= 0.3 is 5.97 Å². The van der Waals surface area contributed by atoms with Gasteiger partial charge in [-0.15, -0.1) is 0 Å². The van der Waals surface area contributed by atoms with Crippen molar-refractivity contribution in [1.82, 2.24) is 4.90 Å². The summed E-state index contributed by atoms with van der Waals surface area (Å²) in [6.07, 6.45) is 8.33. The van der Waals surface area contributed by atoms with E-state index >= 15 is 0 Å². The Hall–Kier alpha value is -1.55. The highest BCUT2D eigenvalue weighted by Crippen LogP contribution is 2.26. The van der Waals surface area contributed by atoms with Gasteiger partial charge in [-0.25, -0.2) is 0 Å². The van der Waals surface area contributed by atoms with Gasteiger partial charge in [0.1, 0.15) is 11.8 Å². The summed E-state index contributed by atoms with van der Waals surface area (Å²) < 4.78 is 5.99. The lowest BCUT2D eigenvalue weighted by molar-refractivity contribution is -0.142. The predicted molar refractivity (Wildman–Crippen MR) is 89.6 cm³/mol. The largest absolute Gasteiger partial charge is 0.493 e. The molecule has 1 atom stereocenters. The summed E-state index contributed by atoms with van der Waals surface area (Å²) in [5.74, 6) is 0.911. The standard InChI is InChI=1S/C19H27NO3/c21-19(22)18-10-5-11-20(18)13-16-8-4-9-17(12-16)23-14-15-6-2-1-3-7-15/h4,8-9,12,15,18H,1-3,5-7,10-11,13-14H2,(H,21,22). The lowest BCUT2D eigenvalue weighted by Gasteiger charge is -2.23. The fraction of sp³-hybridized carbons (Fsp3) is 0.632. The minimum Gasteiger partial charge on any atom is -0.493 e. The molecule has 1 aliphatic carbocycles. The summed E-state index contributed by atoms with van der Waals surface area (Å²) in [4.78, 5) is 13.3. The van der Waals surface area contributed by atoms with Gasteiger partial charge in [-0.2, -0.15) is 0 Å². The number of nitrogens with zero attached hydrogens (tertiary/aromatic N) is 1. The first kappa shape index (κ1) is 16.3. The number of rotatable bonds is 6. The zero-order valence-corrected chi connectivity index (χ0v) is 13.7. The SMILES string of the molecule is O=C(O)C1CCCN1Cc1cccc(OCC2CCCCC2)c1. The molecule has 4 nitrogen and oxygen atoms in total. The maximum atomic E-state index is 11.3. The third-order valence-electron chi connectivity index (χ3n) is 5.14. The van der Waals surface area contributed by atoms with E-state index in [0.29, 0.717) is 12.5 Å². The Morgan fingerprint density at radius 1 is 1.17 bits per heavy atom. The number of ether oxygens (including phenoxy) is 1. The molecule has 0 bridgehead atoms. The van der Waals surface area contributed by atoms with Crippen molar-refractivity contribution < 1.29 is 14.6 Å². The Bertz CT molecular complexity index is 525. The molecule has 0 radical (unpaired) electrons. The third kappa shape index (κ3) is 4.47. The third-order valence-corrected chi connectivity index (χ3v) is 5.14. The monoisotopic (exact) mass is 317 g/mol. The second-order valence-electron chi connectivity index (χ2n) is 6.93. The van der Waals surface area contributed by atoms with Gasteiger partial charge < -0.3 is 9.84 Å². The summed E-state index contributed by atoms with van der Waals surface area (Å²) in [7, 11) is 0. The Labute approximate surface area is 138 Å². The van der Waals surface area contributed by atoms with Crippen molar-refractivity contribution in [1.29, 1.82) is 0 Å². The van der Waals surface area contributed by atoms with E-state index in [1.165, 1.54) is 32.1 Å². The molecule has 2 aliphatic rings. The van der Waals surface area contributed by atoms with Gasteiger partial charge in [-0.3, -0.25) is 9.69 Å². The Kier molecular flexibility index (Phi) is 5.55. The summed E-state index contributed by atoms with van der Waals surface area (Å²) in [6.45, 7) is 2.37. The van der Waals surface area contributed by atoms with Gasteiger partial charge in [-0.05, 0) is 55.8 Å². The second kappa shape index (κ2) is 7.82. The molecule has 1 N–H and O–H groups in total. The Morgan fingerprint density at radius 2 is 2.00 bits per heavy atom. The summed E-state index contributed by atoms with van der Waals surface area (Å²) in [6, 6.07) is 7.81. The number of hydrogen-bond donors (Lipinski definition) is 1. The van der Waals surface area contributed by atoms with Crippen LogP contribution in [0.1, 0.15) is 50.5 Å².